The van der Waals surface area contributed by atoms with Crippen LogP contribution in [0.4, 0.5) is 5.69 Å². The number of hydrogen-bond donors (Lipinski definition) is 2. The van der Waals surface area contributed by atoms with E-state index in [2.05, 4.69) is 15.6 Å². The van der Waals surface area contributed by atoms with Crippen LogP contribution in [0.2, 0.25) is 5.02 Å². The second-order valence-electron chi connectivity index (χ2n) is 3.57. The van der Waals surface area contributed by atoms with Crippen molar-refractivity contribution in [1.29, 1.82) is 0 Å². The molecule has 0 unspecified atom stereocenters. The summed E-state index contributed by atoms with van der Waals surface area (Å²) in [7, 11) is 0. The number of furan rings is 1. The van der Waals surface area contributed by atoms with Gasteiger partial charge in [-0.3, -0.25) is 9.78 Å². The molecular weight excluding hydrogens is 254 g/mol. The molecule has 1 amide bonds. The van der Waals surface area contributed by atoms with E-state index in [1.807, 2.05) is 0 Å². The van der Waals surface area contributed by atoms with Crippen LogP contribution in [0.3, 0.4) is 0 Å². The number of carbonyl (C=O) groups excluding carboxylic acids is 1. The summed E-state index contributed by atoms with van der Waals surface area (Å²) in [5.74, 6) is 0.574. The van der Waals surface area contributed by atoms with Gasteiger partial charge in [-0.1, -0.05) is 11.6 Å². The summed E-state index contributed by atoms with van der Waals surface area (Å²) >= 11 is 5.89. The van der Waals surface area contributed by atoms with Crippen LogP contribution in [0.5, 0.6) is 0 Å². The monoisotopic (exact) mass is 265 g/mol. The predicted molar refractivity (Wildman–Crippen MR) is 68.3 cm³/mol. The van der Waals surface area contributed by atoms with Crippen molar-refractivity contribution in [3.05, 3.63) is 47.6 Å². The fourth-order valence-electron chi connectivity index (χ4n) is 1.36. The first-order valence-electron chi connectivity index (χ1n) is 5.38. The van der Waals surface area contributed by atoms with E-state index in [9.17, 15) is 4.79 Å². The molecule has 0 spiro atoms. The van der Waals surface area contributed by atoms with Gasteiger partial charge in [-0.05, 0) is 18.2 Å². The average Bonchev–Trinajstić information content (AvgIpc) is 2.88. The lowest BCUT2D eigenvalue weighted by molar-refractivity contribution is -0.119. The number of aromatic nitrogens is 1. The summed E-state index contributed by atoms with van der Waals surface area (Å²) in [6, 6.07) is 5.28. The van der Waals surface area contributed by atoms with Gasteiger partial charge in [-0.25, -0.2) is 0 Å². The molecule has 0 aromatic carbocycles. The Kier molecular flexibility index (Phi) is 4.20. The Labute approximate surface area is 109 Å². The molecule has 6 heteroatoms. The average molecular weight is 266 g/mol. The summed E-state index contributed by atoms with van der Waals surface area (Å²) in [5, 5.41) is 6.13. The van der Waals surface area contributed by atoms with Gasteiger partial charge in [0.15, 0.2) is 0 Å². The van der Waals surface area contributed by atoms with E-state index in [4.69, 9.17) is 16.0 Å². The normalized spacial score (nSPS) is 10.1. The second kappa shape index (κ2) is 6.07. The lowest BCUT2D eigenvalue weighted by Gasteiger charge is -2.07. The minimum Gasteiger partial charge on any atom is -0.467 e. The quantitative estimate of drug-likeness (QED) is 0.868. The third-order valence-corrected chi connectivity index (χ3v) is 2.55. The lowest BCUT2D eigenvalue weighted by atomic mass is 10.4. The van der Waals surface area contributed by atoms with Gasteiger partial charge in [-0.2, -0.15) is 0 Å². The van der Waals surface area contributed by atoms with Crippen molar-refractivity contribution >= 4 is 23.2 Å². The SMILES string of the molecule is O=C(CNc1ccncc1Cl)NCc1ccco1. The number of anilines is 1. The molecule has 94 valence electrons. The Morgan fingerprint density at radius 2 is 2.33 bits per heavy atom. The molecule has 0 aliphatic rings. The molecule has 5 nitrogen and oxygen atoms in total. The van der Waals surface area contributed by atoms with Gasteiger partial charge in [-0.15, -0.1) is 0 Å². The van der Waals surface area contributed by atoms with Crippen molar-refractivity contribution < 1.29 is 9.21 Å². The summed E-state index contributed by atoms with van der Waals surface area (Å²) in [4.78, 5) is 15.4. The van der Waals surface area contributed by atoms with Crippen molar-refractivity contribution in [2.24, 2.45) is 0 Å². The number of halogens is 1. The summed E-state index contributed by atoms with van der Waals surface area (Å²) < 4.78 is 5.10. The molecule has 2 rings (SSSR count). The predicted octanol–water partition coefficient (Wildman–Crippen LogP) is 2.06. The number of carbonyl (C=O) groups is 1. The molecule has 0 saturated carbocycles. The molecule has 2 aromatic rings. The van der Waals surface area contributed by atoms with Crippen molar-refractivity contribution in [3.8, 4) is 0 Å². The van der Waals surface area contributed by atoms with E-state index in [1.165, 1.54) is 6.20 Å². The Balaban J connectivity index is 1.77. The fourth-order valence-corrected chi connectivity index (χ4v) is 1.54. The Hall–Kier alpha value is -2.01. The maximum absolute atomic E-state index is 11.5. The third kappa shape index (κ3) is 3.49. The van der Waals surface area contributed by atoms with Gasteiger partial charge >= 0.3 is 0 Å². The molecule has 0 bridgehead atoms. The summed E-state index contributed by atoms with van der Waals surface area (Å²) in [6.45, 7) is 0.516. The van der Waals surface area contributed by atoms with E-state index in [0.717, 1.165) is 0 Å². The van der Waals surface area contributed by atoms with Crippen LogP contribution >= 0.6 is 11.6 Å². The first-order chi connectivity index (χ1) is 8.75. The molecule has 2 N–H and O–H groups in total. The van der Waals surface area contributed by atoms with Crippen LogP contribution in [0, 0.1) is 0 Å². The number of pyridine rings is 1. The Morgan fingerprint density at radius 3 is 3.06 bits per heavy atom. The van der Waals surface area contributed by atoms with E-state index >= 15 is 0 Å². The molecule has 0 fully saturated rings. The molecule has 0 atom stereocenters. The highest BCUT2D eigenvalue weighted by Crippen LogP contribution is 2.18. The fraction of sp³-hybridized carbons (Fsp3) is 0.167. The molecule has 18 heavy (non-hydrogen) atoms. The van der Waals surface area contributed by atoms with E-state index in [0.29, 0.717) is 23.0 Å². The largest absolute Gasteiger partial charge is 0.467 e. The first kappa shape index (κ1) is 12.4. The third-order valence-electron chi connectivity index (χ3n) is 2.25. The Morgan fingerprint density at radius 1 is 1.44 bits per heavy atom. The highest BCUT2D eigenvalue weighted by atomic mass is 35.5. The van der Waals surface area contributed by atoms with Gasteiger partial charge in [0.1, 0.15) is 5.76 Å². The molecule has 0 radical (unpaired) electrons. The molecule has 0 aliphatic heterocycles. The lowest BCUT2D eigenvalue weighted by Crippen LogP contribution is -2.29. The number of nitrogens with zero attached hydrogens (tertiary/aromatic N) is 1. The molecule has 2 aromatic heterocycles. The van der Waals surface area contributed by atoms with Gasteiger partial charge < -0.3 is 15.1 Å². The maximum atomic E-state index is 11.5. The van der Waals surface area contributed by atoms with Crippen LogP contribution < -0.4 is 10.6 Å². The van der Waals surface area contributed by atoms with Crippen LogP contribution in [-0.2, 0) is 11.3 Å². The zero-order chi connectivity index (χ0) is 12.8. The molecule has 2 heterocycles. The van der Waals surface area contributed by atoms with E-state index in [1.54, 1.807) is 30.7 Å². The van der Waals surface area contributed by atoms with Crippen molar-refractivity contribution in [1.82, 2.24) is 10.3 Å². The first-order valence-corrected chi connectivity index (χ1v) is 5.76. The van der Waals surface area contributed by atoms with Crippen LogP contribution in [0.15, 0.2) is 41.3 Å². The van der Waals surface area contributed by atoms with E-state index in [-0.39, 0.29) is 12.5 Å². The van der Waals surface area contributed by atoms with Gasteiger partial charge in [0.2, 0.25) is 5.91 Å². The smallest absolute Gasteiger partial charge is 0.239 e. The maximum Gasteiger partial charge on any atom is 0.239 e. The minimum atomic E-state index is -0.140. The second-order valence-corrected chi connectivity index (χ2v) is 3.97. The van der Waals surface area contributed by atoms with Crippen molar-refractivity contribution in [2.45, 2.75) is 6.54 Å². The Bertz CT molecular complexity index is 514. The number of rotatable bonds is 5. The van der Waals surface area contributed by atoms with Crippen LogP contribution in [0.25, 0.3) is 0 Å². The zero-order valence-corrected chi connectivity index (χ0v) is 10.3. The molecule has 0 aliphatic carbocycles. The standard InChI is InChI=1S/C12H12ClN3O2/c13-10-7-14-4-3-11(10)15-8-12(17)16-6-9-2-1-5-18-9/h1-5,7H,6,8H2,(H,14,15)(H,16,17). The number of amides is 1. The van der Waals surface area contributed by atoms with E-state index < -0.39 is 0 Å². The van der Waals surface area contributed by atoms with Crippen molar-refractivity contribution in [3.63, 3.8) is 0 Å². The highest BCUT2D eigenvalue weighted by Gasteiger charge is 2.04. The van der Waals surface area contributed by atoms with Crippen LogP contribution in [0.1, 0.15) is 5.76 Å². The topological polar surface area (TPSA) is 67.2 Å². The minimum absolute atomic E-state index is 0.140. The van der Waals surface area contributed by atoms with Crippen molar-refractivity contribution in [2.75, 3.05) is 11.9 Å². The number of nitrogens with one attached hydrogen (secondary N) is 2. The van der Waals surface area contributed by atoms with Gasteiger partial charge in [0.05, 0.1) is 30.1 Å². The van der Waals surface area contributed by atoms with Crippen LogP contribution in [-0.4, -0.2) is 17.4 Å². The highest BCUT2D eigenvalue weighted by molar-refractivity contribution is 6.33. The zero-order valence-electron chi connectivity index (χ0n) is 9.52. The summed E-state index contributed by atoms with van der Waals surface area (Å²) in [5.41, 5.74) is 0.680. The summed E-state index contributed by atoms with van der Waals surface area (Å²) in [6.07, 6.45) is 4.69. The molecule has 0 saturated heterocycles. The van der Waals surface area contributed by atoms with Gasteiger partial charge in [0, 0.05) is 12.4 Å². The molecular formula is C12H12ClN3O2. The number of hydrogen-bond acceptors (Lipinski definition) is 4. The van der Waals surface area contributed by atoms with Gasteiger partial charge in [0.25, 0.3) is 0 Å².